The number of likely N-dealkylation sites (N-methyl/N-ethyl adjacent to an activating group) is 2. The summed E-state index contributed by atoms with van der Waals surface area (Å²) in [5.41, 5.74) is 5.02. The number of aromatic nitrogens is 3. The Kier molecular flexibility index (Phi) is 7.70. The third kappa shape index (κ3) is 5.22. The van der Waals surface area contributed by atoms with Crippen molar-refractivity contribution in [3.05, 3.63) is 67.0 Å². The van der Waals surface area contributed by atoms with E-state index in [4.69, 9.17) is 9.72 Å². The molecule has 0 aliphatic carbocycles. The average molecular weight is 544 g/mol. The summed E-state index contributed by atoms with van der Waals surface area (Å²) in [4.78, 5) is 25.6. The van der Waals surface area contributed by atoms with Gasteiger partial charge in [0.1, 0.15) is 11.9 Å². The van der Waals surface area contributed by atoms with Gasteiger partial charge in [0.25, 0.3) is 0 Å². The number of amides is 1. The number of rotatable bonds is 10. The van der Waals surface area contributed by atoms with Gasteiger partial charge in [-0.3, -0.25) is 4.79 Å². The molecule has 1 aliphatic heterocycles. The molecule has 1 amide bonds. The number of methoxy groups -OCH3 is 1. The molecule has 9 nitrogen and oxygen atoms in total. The van der Waals surface area contributed by atoms with Gasteiger partial charge in [-0.2, -0.15) is 0 Å². The van der Waals surface area contributed by atoms with Gasteiger partial charge < -0.3 is 29.7 Å². The maximum absolute atomic E-state index is 15.1. The van der Waals surface area contributed by atoms with Crippen LogP contribution >= 0.6 is 0 Å². The van der Waals surface area contributed by atoms with Crippen molar-refractivity contribution in [3.8, 4) is 17.0 Å². The zero-order chi connectivity index (χ0) is 28.4. The largest absolute Gasteiger partial charge is 0.494 e. The number of nitrogens with zero attached hydrogens (tertiary/aromatic N) is 5. The lowest BCUT2D eigenvalue weighted by molar-refractivity contribution is -0.111. The van der Waals surface area contributed by atoms with E-state index < -0.39 is 6.17 Å². The molecule has 1 unspecified atom stereocenters. The Bertz CT molecular complexity index is 1570. The number of para-hydroxylation sites is 1. The Hall–Kier alpha value is -4.44. The smallest absolute Gasteiger partial charge is 0.247 e. The Morgan fingerprint density at radius 2 is 2.00 bits per heavy atom. The van der Waals surface area contributed by atoms with Crippen LogP contribution in [0.3, 0.4) is 0 Å². The highest BCUT2D eigenvalue weighted by atomic mass is 19.1. The average Bonchev–Trinajstić information content (AvgIpc) is 3.49. The Morgan fingerprint density at radius 1 is 1.20 bits per heavy atom. The van der Waals surface area contributed by atoms with Gasteiger partial charge in [-0.05, 0) is 38.4 Å². The van der Waals surface area contributed by atoms with Crippen molar-refractivity contribution in [1.29, 1.82) is 0 Å². The summed E-state index contributed by atoms with van der Waals surface area (Å²) in [7, 11) is 7.56. The number of alkyl halides is 1. The second kappa shape index (κ2) is 11.4. The molecule has 0 saturated heterocycles. The van der Waals surface area contributed by atoms with Gasteiger partial charge in [-0.25, -0.2) is 14.4 Å². The number of aryl methyl sites for hydroxylation is 1. The van der Waals surface area contributed by atoms with Crippen molar-refractivity contribution in [2.24, 2.45) is 0 Å². The predicted octanol–water partition coefficient (Wildman–Crippen LogP) is 5.39. The third-order valence-electron chi connectivity index (χ3n) is 7.13. The number of carbonyl (C=O) groups excluding carboxylic acids is 1. The second-order valence-corrected chi connectivity index (χ2v) is 10.1. The molecule has 2 aromatic heterocycles. The fraction of sp³-hybridized carbons (Fsp3) is 0.300. The van der Waals surface area contributed by atoms with Gasteiger partial charge in [0.15, 0.2) is 0 Å². The van der Waals surface area contributed by atoms with Crippen LogP contribution in [0.2, 0.25) is 0 Å². The Labute approximate surface area is 233 Å². The fourth-order valence-corrected chi connectivity index (χ4v) is 5.12. The van der Waals surface area contributed by atoms with Gasteiger partial charge in [0.05, 0.1) is 35.6 Å². The first-order valence-electron chi connectivity index (χ1n) is 13.2. The summed E-state index contributed by atoms with van der Waals surface area (Å²) in [6.07, 6.45) is 2.28. The van der Waals surface area contributed by atoms with Crippen molar-refractivity contribution in [1.82, 2.24) is 19.4 Å². The van der Waals surface area contributed by atoms with Gasteiger partial charge >= 0.3 is 0 Å². The van der Waals surface area contributed by atoms with Crippen molar-refractivity contribution >= 4 is 39.8 Å². The van der Waals surface area contributed by atoms with Gasteiger partial charge in [-0.1, -0.05) is 24.8 Å². The van der Waals surface area contributed by atoms with Crippen molar-refractivity contribution in [2.75, 3.05) is 56.9 Å². The maximum atomic E-state index is 15.1. The normalized spacial score (nSPS) is 14.3. The number of carbonyl (C=O) groups is 1. The third-order valence-corrected chi connectivity index (χ3v) is 7.13. The van der Waals surface area contributed by atoms with Crippen molar-refractivity contribution in [2.45, 2.75) is 19.1 Å². The zero-order valence-corrected chi connectivity index (χ0v) is 23.2. The molecule has 0 radical (unpaired) electrons. The molecule has 10 heteroatoms. The van der Waals surface area contributed by atoms with E-state index in [0.29, 0.717) is 47.4 Å². The highest BCUT2D eigenvalue weighted by Crippen LogP contribution is 2.44. The lowest BCUT2D eigenvalue weighted by atomic mass is 10.0. The molecule has 3 heterocycles. The Morgan fingerprint density at radius 3 is 2.75 bits per heavy atom. The number of benzene rings is 2. The van der Waals surface area contributed by atoms with E-state index in [9.17, 15) is 4.79 Å². The van der Waals surface area contributed by atoms with Crippen molar-refractivity contribution in [3.63, 3.8) is 0 Å². The SMILES string of the molecule is C=CC(=O)Nc1cc(Nc2nccc(-c3c4n(c5ccccc35)CCC4F)n2)c(OC)cc1N(C)CCN(C)C. The molecule has 0 spiro atoms. The molecule has 0 saturated carbocycles. The minimum absolute atomic E-state index is 0.322. The van der Waals surface area contributed by atoms with Crippen LogP contribution in [0.1, 0.15) is 18.3 Å². The van der Waals surface area contributed by atoms with Crippen LogP contribution in [0.4, 0.5) is 27.4 Å². The predicted molar refractivity (Wildman–Crippen MR) is 158 cm³/mol. The standard InChI is InChI=1S/C30H34FN7O2/c1-6-27(39)33-22-17-23(26(40-5)18-25(22)37(4)16-15-36(2)3)35-30-32-13-11-21(34-30)28-19-9-7-8-10-24(19)38-14-12-20(31)29(28)38/h6-11,13,17-18,20H,1,12,14-16H2,2-5H3,(H,33,39)(H,32,34,35). The van der Waals surface area contributed by atoms with Crippen LogP contribution in [-0.4, -0.2) is 66.7 Å². The maximum Gasteiger partial charge on any atom is 0.247 e. The summed E-state index contributed by atoms with van der Waals surface area (Å²) in [5, 5.41) is 7.11. The minimum atomic E-state index is -1.05. The molecule has 5 rings (SSSR count). The topological polar surface area (TPSA) is 87.5 Å². The molecule has 2 aromatic carbocycles. The second-order valence-electron chi connectivity index (χ2n) is 10.1. The van der Waals surface area contributed by atoms with Crippen LogP contribution in [0.5, 0.6) is 5.75 Å². The number of hydrogen-bond acceptors (Lipinski definition) is 7. The summed E-state index contributed by atoms with van der Waals surface area (Å²) in [6.45, 7) is 5.78. The van der Waals surface area contributed by atoms with Crippen LogP contribution in [0, 0.1) is 0 Å². The van der Waals surface area contributed by atoms with E-state index in [1.165, 1.54) is 6.08 Å². The van der Waals surface area contributed by atoms with E-state index in [0.717, 1.165) is 35.2 Å². The first-order valence-corrected chi connectivity index (χ1v) is 13.2. The van der Waals surface area contributed by atoms with E-state index >= 15 is 4.39 Å². The highest BCUT2D eigenvalue weighted by Gasteiger charge is 2.30. The molecular weight excluding hydrogens is 509 g/mol. The Balaban J connectivity index is 1.54. The molecule has 2 N–H and O–H groups in total. The molecule has 1 atom stereocenters. The first kappa shape index (κ1) is 27.1. The number of halogens is 1. The lowest BCUT2D eigenvalue weighted by Gasteiger charge is -2.26. The molecule has 1 aliphatic rings. The van der Waals surface area contributed by atoms with E-state index in [2.05, 4.69) is 27.1 Å². The molecule has 40 heavy (non-hydrogen) atoms. The van der Waals surface area contributed by atoms with Crippen LogP contribution in [0.25, 0.3) is 22.2 Å². The molecule has 208 valence electrons. The van der Waals surface area contributed by atoms with Crippen LogP contribution in [-0.2, 0) is 11.3 Å². The fourth-order valence-electron chi connectivity index (χ4n) is 5.12. The molecule has 0 bridgehead atoms. The molecule has 4 aromatic rings. The number of anilines is 4. The summed E-state index contributed by atoms with van der Waals surface area (Å²) >= 11 is 0. The van der Waals surface area contributed by atoms with E-state index in [1.54, 1.807) is 25.4 Å². The quantitative estimate of drug-likeness (QED) is 0.260. The number of ether oxygens (including phenoxy) is 1. The zero-order valence-electron chi connectivity index (χ0n) is 23.2. The summed E-state index contributed by atoms with van der Waals surface area (Å²) < 4.78 is 22.8. The van der Waals surface area contributed by atoms with Crippen molar-refractivity contribution < 1.29 is 13.9 Å². The number of nitrogens with one attached hydrogen (secondary N) is 2. The van der Waals surface area contributed by atoms with Gasteiger partial charge in [-0.15, -0.1) is 0 Å². The summed E-state index contributed by atoms with van der Waals surface area (Å²) in [5.74, 6) is 0.547. The minimum Gasteiger partial charge on any atom is -0.494 e. The van der Waals surface area contributed by atoms with Gasteiger partial charge in [0.2, 0.25) is 11.9 Å². The van der Waals surface area contributed by atoms with Crippen LogP contribution in [0.15, 0.2) is 61.3 Å². The molecule has 0 fully saturated rings. The molecular formula is C30H34FN7O2. The van der Waals surface area contributed by atoms with Gasteiger partial charge in [0, 0.05) is 61.8 Å². The first-order chi connectivity index (χ1) is 19.3. The van der Waals surface area contributed by atoms with Crippen LogP contribution < -0.4 is 20.3 Å². The lowest BCUT2D eigenvalue weighted by Crippen LogP contribution is -2.29. The van der Waals surface area contributed by atoms with E-state index in [-0.39, 0.29) is 5.91 Å². The number of fused-ring (bicyclic) bond motifs is 3. The number of hydrogen-bond donors (Lipinski definition) is 2. The summed E-state index contributed by atoms with van der Waals surface area (Å²) in [6, 6.07) is 13.4. The monoisotopic (exact) mass is 543 g/mol. The van der Waals surface area contributed by atoms with E-state index in [1.807, 2.05) is 60.9 Å². The highest BCUT2D eigenvalue weighted by molar-refractivity contribution is 6.02.